The number of carbonyl (C=O) groups is 1. The third-order valence-corrected chi connectivity index (χ3v) is 5.01. The molecule has 6 nitrogen and oxygen atoms in total. The van der Waals surface area contributed by atoms with Crippen molar-refractivity contribution in [2.24, 2.45) is 0 Å². The number of H-pyrrole nitrogens is 1. The number of amides is 1. The average molecular weight is 386 g/mol. The molecule has 0 radical (unpaired) electrons. The maximum absolute atomic E-state index is 12.8. The molecule has 0 aliphatic rings. The minimum absolute atomic E-state index is 0.107. The smallest absolute Gasteiger partial charge is 0.264 e. The van der Waals surface area contributed by atoms with Gasteiger partial charge in [-0.2, -0.15) is 0 Å². The molecule has 0 unspecified atom stereocenters. The van der Waals surface area contributed by atoms with E-state index in [2.05, 4.69) is 4.98 Å². The number of thiophene rings is 1. The number of fused-ring (bicyclic) bond motifs is 1. The second kappa shape index (κ2) is 8.83. The summed E-state index contributed by atoms with van der Waals surface area (Å²) in [6.45, 7) is 3.51. The van der Waals surface area contributed by atoms with Crippen LogP contribution in [0.2, 0.25) is 0 Å². The van der Waals surface area contributed by atoms with Gasteiger partial charge >= 0.3 is 0 Å². The molecule has 0 fully saturated rings. The molecular formula is C20H22N2O4S. The van der Waals surface area contributed by atoms with Gasteiger partial charge in [-0.15, -0.1) is 11.3 Å². The van der Waals surface area contributed by atoms with E-state index in [1.165, 1.54) is 11.3 Å². The van der Waals surface area contributed by atoms with E-state index >= 15 is 0 Å². The molecule has 0 aliphatic heterocycles. The highest BCUT2D eigenvalue weighted by Crippen LogP contribution is 2.20. The minimum atomic E-state index is -0.201. The zero-order valence-corrected chi connectivity index (χ0v) is 16.2. The highest BCUT2D eigenvalue weighted by atomic mass is 32.1. The lowest BCUT2D eigenvalue weighted by atomic mass is 10.1. The molecule has 1 amide bonds. The Hall–Kier alpha value is -2.64. The molecule has 0 aliphatic carbocycles. The summed E-state index contributed by atoms with van der Waals surface area (Å²) in [5.74, 6) is 0.638. The molecule has 0 bridgehead atoms. The zero-order valence-electron chi connectivity index (χ0n) is 15.4. The number of aromatic nitrogens is 1. The van der Waals surface area contributed by atoms with Gasteiger partial charge in [0.25, 0.3) is 11.5 Å². The van der Waals surface area contributed by atoms with E-state index in [1.54, 1.807) is 18.1 Å². The Balaban J connectivity index is 1.92. The van der Waals surface area contributed by atoms with Crippen LogP contribution in [-0.4, -0.2) is 42.7 Å². The van der Waals surface area contributed by atoms with Gasteiger partial charge in [-0.3, -0.25) is 9.59 Å². The Morgan fingerprint density at radius 1 is 1.26 bits per heavy atom. The number of hydrogen-bond donors (Lipinski definition) is 1. The summed E-state index contributed by atoms with van der Waals surface area (Å²) in [7, 11) is 1.59. The van der Waals surface area contributed by atoms with Crippen molar-refractivity contribution in [1.82, 2.24) is 9.88 Å². The van der Waals surface area contributed by atoms with E-state index in [4.69, 9.17) is 9.47 Å². The second-order valence-electron chi connectivity index (χ2n) is 6.00. The maximum Gasteiger partial charge on any atom is 0.264 e. The molecule has 3 aromatic rings. The van der Waals surface area contributed by atoms with Crippen LogP contribution in [0, 0.1) is 0 Å². The van der Waals surface area contributed by atoms with E-state index in [0.717, 1.165) is 16.7 Å². The van der Waals surface area contributed by atoms with Crippen molar-refractivity contribution in [3.63, 3.8) is 0 Å². The topological polar surface area (TPSA) is 71.6 Å². The summed E-state index contributed by atoms with van der Waals surface area (Å²) in [6, 6.07) is 11.0. The van der Waals surface area contributed by atoms with Gasteiger partial charge in [-0.05, 0) is 42.6 Å². The van der Waals surface area contributed by atoms with E-state index < -0.39 is 0 Å². The van der Waals surface area contributed by atoms with Crippen LogP contribution in [0.4, 0.5) is 0 Å². The van der Waals surface area contributed by atoms with Gasteiger partial charge in [0.1, 0.15) is 5.75 Å². The predicted molar refractivity (Wildman–Crippen MR) is 107 cm³/mol. The molecule has 0 spiro atoms. The van der Waals surface area contributed by atoms with Gasteiger partial charge in [0.2, 0.25) is 0 Å². The summed E-state index contributed by atoms with van der Waals surface area (Å²) in [4.78, 5) is 30.5. The van der Waals surface area contributed by atoms with Gasteiger partial charge in [-0.25, -0.2) is 0 Å². The normalized spacial score (nSPS) is 10.9. The zero-order chi connectivity index (χ0) is 19.2. The number of aromatic amines is 1. The Morgan fingerprint density at radius 3 is 2.81 bits per heavy atom. The fourth-order valence-electron chi connectivity index (χ4n) is 2.82. The van der Waals surface area contributed by atoms with Crippen LogP contribution < -0.4 is 10.3 Å². The molecule has 0 saturated carbocycles. The van der Waals surface area contributed by atoms with Crippen molar-refractivity contribution >= 4 is 28.1 Å². The summed E-state index contributed by atoms with van der Waals surface area (Å²) >= 11 is 1.38. The van der Waals surface area contributed by atoms with Crippen LogP contribution in [0.1, 0.15) is 22.2 Å². The minimum Gasteiger partial charge on any atom is -0.494 e. The van der Waals surface area contributed by atoms with Crippen molar-refractivity contribution in [1.29, 1.82) is 0 Å². The van der Waals surface area contributed by atoms with Gasteiger partial charge in [0.05, 0.1) is 24.6 Å². The van der Waals surface area contributed by atoms with Gasteiger partial charge < -0.3 is 19.4 Å². The van der Waals surface area contributed by atoms with Crippen molar-refractivity contribution in [2.45, 2.75) is 13.5 Å². The molecule has 2 aromatic heterocycles. The first-order valence-corrected chi connectivity index (χ1v) is 9.60. The highest BCUT2D eigenvalue weighted by molar-refractivity contribution is 7.12. The molecule has 0 atom stereocenters. The van der Waals surface area contributed by atoms with Crippen LogP contribution >= 0.6 is 11.3 Å². The highest BCUT2D eigenvalue weighted by Gasteiger charge is 2.18. The third-order valence-electron chi connectivity index (χ3n) is 4.15. The largest absolute Gasteiger partial charge is 0.494 e. The lowest BCUT2D eigenvalue weighted by molar-refractivity contribution is 0.0684. The van der Waals surface area contributed by atoms with Crippen molar-refractivity contribution in [2.75, 3.05) is 26.9 Å². The number of carbonyl (C=O) groups excluding carboxylic acids is 1. The van der Waals surface area contributed by atoms with Crippen LogP contribution in [0.15, 0.2) is 46.6 Å². The number of rotatable bonds is 8. The number of ether oxygens (including phenoxy) is 2. The van der Waals surface area contributed by atoms with E-state index in [-0.39, 0.29) is 18.0 Å². The molecule has 3 rings (SSSR count). The van der Waals surface area contributed by atoms with Crippen molar-refractivity contribution in [3.05, 3.63) is 62.6 Å². The monoisotopic (exact) mass is 386 g/mol. The second-order valence-corrected chi connectivity index (χ2v) is 6.95. The summed E-state index contributed by atoms with van der Waals surface area (Å²) < 4.78 is 10.7. The van der Waals surface area contributed by atoms with Gasteiger partial charge in [0.15, 0.2) is 0 Å². The lowest BCUT2D eigenvalue weighted by Gasteiger charge is -2.21. The predicted octanol–water partition coefficient (Wildman–Crippen LogP) is 3.28. The maximum atomic E-state index is 12.8. The van der Waals surface area contributed by atoms with Crippen molar-refractivity contribution in [3.8, 4) is 5.75 Å². The Labute approximate surface area is 161 Å². The number of hydrogen-bond acceptors (Lipinski definition) is 5. The number of methoxy groups -OCH3 is 1. The van der Waals surface area contributed by atoms with Gasteiger partial charge in [-0.1, -0.05) is 6.07 Å². The van der Waals surface area contributed by atoms with Gasteiger partial charge in [0, 0.05) is 30.1 Å². The molecule has 2 heterocycles. The first-order chi connectivity index (χ1) is 13.1. The van der Waals surface area contributed by atoms with E-state index in [1.807, 2.05) is 42.6 Å². The molecular weight excluding hydrogens is 364 g/mol. The van der Waals surface area contributed by atoms with Crippen LogP contribution in [0.5, 0.6) is 5.75 Å². The summed E-state index contributed by atoms with van der Waals surface area (Å²) in [5.41, 5.74) is 1.06. The number of nitrogens with zero attached hydrogens (tertiary/aromatic N) is 1. The van der Waals surface area contributed by atoms with E-state index in [0.29, 0.717) is 30.2 Å². The van der Waals surface area contributed by atoms with E-state index in [9.17, 15) is 9.59 Å². The molecule has 1 N–H and O–H groups in total. The first-order valence-electron chi connectivity index (χ1n) is 8.73. The third kappa shape index (κ3) is 4.56. The fraction of sp³-hybridized carbons (Fsp3) is 0.300. The number of pyridine rings is 1. The molecule has 1 aromatic carbocycles. The average Bonchev–Trinajstić information content (AvgIpc) is 3.20. The first kappa shape index (κ1) is 19.1. The fourth-order valence-corrected chi connectivity index (χ4v) is 3.51. The standard InChI is InChI=1S/C20H22N2O4S/c1-3-26-16-6-7-17-14(12-16)11-15(19(23)21-17)13-22(8-9-25-2)20(24)18-5-4-10-27-18/h4-7,10-12H,3,8-9,13H2,1-2H3,(H,21,23). The quantitative estimate of drug-likeness (QED) is 0.645. The summed E-state index contributed by atoms with van der Waals surface area (Å²) in [6.07, 6.45) is 0. The Kier molecular flexibility index (Phi) is 6.26. The number of nitrogens with one attached hydrogen (secondary N) is 1. The Bertz CT molecular complexity index is 966. The van der Waals surface area contributed by atoms with Crippen LogP contribution in [0.3, 0.4) is 0 Å². The molecule has 27 heavy (non-hydrogen) atoms. The SMILES string of the molecule is CCOc1ccc2[nH]c(=O)c(CN(CCOC)C(=O)c3cccs3)cc2c1. The van der Waals surface area contributed by atoms with Crippen molar-refractivity contribution < 1.29 is 14.3 Å². The van der Waals surface area contributed by atoms with Crippen LogP contribution in [-0.2, 0) is 11.3 Å². The Morgan fingerprint density at radius 2 is 2.11 bits per heavy atom. The van der Waals surface area contributed by atoms with Crippen LogP contribution in [0.25, 0.3) is 10.9 Å². The molecule has 0 saturated heterocycles. The molecule has 7 heteroatoms. The summed E-state index contributed by atoms with van der Waals surface area (Å²) in [5, 5.41) is 2.73. The number of benzene rings is 1. The lowest BCUT2D eigenvalue weighted by Crippen LogP contribution is -2.35. The molecule has 142 valence electrons.